The summed E-state index contributed by atoms with van der Waals surface area (Å²) in [6.07, 6.45) is 5.45. The SMILES string of the molecule is COC(=O)c1c(NC(=O)C2(N)CC2)sc2c1CCCC2. The van der Waals surface area contributed by atoms with Gasteiger partial charge in [-0.15, -0.1) is 11.3 Å². The van der Waals surface area contributed by atoms with Gasteiger partial charge in [0, 0.05) is 4.88 Å². The molecule has 0 radical (unpaired) electrons. The first kappa shape index (κ1) is 13.6. The van der Waals surface area contributed by atoms with Gasteiger partial charge in [0.05, 0.1) is 18.2 Å². The number of carbonyl (C=O) groups is 2. The van der Waals surface area contributed by atoms with Crippen molar-refractivity contribution in [2.24, 2.45) is 5.73 Å². The van der Waals surface area contributed by atoms with E-state index in [2.05, 4.69) is 5.32 Å². The minimum absolute atomic E-state index is 0.193. The van der Waals surface area contributed by atoms with Gasteiger partial charge >= 0.3 is 5.97 Å². The molecule has 0 unspecified atom stereocenters. The number of carbonyl (C=O) groups excluding carboxylic acids is 2. The molecule has 6 heteroatoms. The number of fused-ring (bicyclic) bond motifs is 1. The zero-order chi connectivity index (χ0) is 14.3. The van der Waals surface area contributed by atoms with E-state index < -0.39 is 5.54 Å². The van der Waals surface area contributed by atoms with E-state index in [1.54, 1.807) is 0 Å². The summed E-state index contributed by atoms with van der Waals surface area (Å²) < 4.78 is 4.87. The first-order valence-corrected chi connectivity index (χ1v) is 7.70. The maximum atomic E-state index is 12.1. The summed E-state index contributed by atoms with van der Waals surface area (Å²) in [7, 11) is 1.37. The largest absolute Gasteiger partial charge is 0.465 e. The van der Waals surface area contributed by atoms with Gasteiger partial charge in [-0.25, -0.2) is 4.79 Å². The highest BCUT2D eigenvalue weighted by molar-refractivity contribution is 7.17. The van der Waals surface area contributed by atoms with Crippen molar-refractivity contribution >= 4 is 28.2 Å². The van der Waals surface area contributed by atoms with Crippen LogP contribution in [0.25, 0.3) is 0 Å². The van der Waals surface area contributed by atoms with Gasteiger partial charge in [-0.05, 0) is 44.1 Å². The zero-order valence-electron chi connectivity index (χ0n) is 11.5. The molecule has 1 aromatic heterocycles. The van der Waals surface area contributed by atoms with E-state index in [9.17, 15) is 9.59 Å². The minimum Gasteiger partial charge on any atom is -0.465 e. The van der Waals surface area contributed by atoms with Gasteiger partial charge in [0.2, 0.25) is 5.91 Å². The first-order chi connectivity index (χ1) is 9.55. The quantitative estimate of drug-likeness (QED) is 0.834. The van der Waals surface area contributed by atoms with Crippen LogP contribution in [-0.2, 0) is 22.4 Å². The van der Waals surface area contributed by atoms with Crippen LogP contribution >= 0.6 is 11.3 Å². The molecule has 1 fully saturated rings. The second-order valence-corrected chi connectivity index (χ2v) is 6.62. The van der Waals surface area contributed by atoms with Crippen LogP contribution in [-0.4, -0.2) is 24.5 Å². The Kier molecular flexibility index (Phi) is 3.30. The average molecular weight is 294 g/mol. The van der Waals surface area contributed by atoms with E-state index in [0.29, 0.717) is 23.4 Å². The first-order valence-electron chi connectivity index (χ1n) is 6.88. The van der Waals surface area contributed by atoms with Crippen molar-refractivity contribution in [3.05, 3.63) is 16.0 Å². The van der Waals surface area contributed by atoms with E-state index in [-0.39, 0.29) is 11.9 Å². The molecular weight excluding hydrogens is 276 g/mol. The van der Waals surface area contributed by atoms with Crippen LogP contribution in [0.5, 0.6) is 0 Å². The molecule has 3 rings (SSSR count). The fourth-order valence-electron chi connectivity index (χ4n) is 2.56. The van der Waals surface area contributed by atoms with Crippen LogP contribution in [0.15, 0.2) is 0 Å². The van der Waals surface area contributed by atoms with Crippen molar-refractivity contribution < 1.29 is 14.3 Å². The van der Waals surface area contributed by atoms with Crippen LogP contribution in [0, 0.1) is 0 Å². The highest BCUT2D eigenvalue weighted by Crippen LogP contribution is 2.40. The number of methoxy groups -OCH3 is 1. The van der Waals surface area contributed by atoms with Crippen LogP contribution in [0.3, 0.4) is 0 Å². The van der Waals surface area contributed by atoms with E-state index in [4.69, 9.17) is 10.5 Å². The summed E-state index contributed by atoms with van der Waals surface area (Å²) in [4.78, 5) is 25.3. The summed E-state index contributed by atoms with van der Waals surface area (Å²) in [5.41, 5.74) is 6.74. The summed E-state index contributed by atoms with van der Waals surface area (Å²) >= 11 is 1.49. The van der Waals surface area contributed by atoms with Crippen LogP contribution < -0.4 is 11.1 Å². The molecule has 20 heavy (non-hydrogen) atoms. The molecule has 3 N–H and O–H groups in total. The molecule has 1 aromatic rings. The number of hydrogen-bond donors (Lipinski definition) is 2. The molecule has 108 valence electrons. The lowest BCUT2D eigenvalue weighted by Crippen LogP contribution is -2.37. The summed E-state index contributed by atoms with van der Waals surface area (Å²) in [5, 5.41) is 3.44. The molecule has 0 aliphatic heterocycles. The molecule has 2 aliphatic rings. The lowest BCUT2D eigenvalue weighted by molar-refractivity contribution is -0.118. The van der Waals surface area contributed by atoms with Gasteiger partial charge < -0.3 is 15.8 Å². The second kappa shape index (κ2) is 4.86. The normalized spacial score (nSPS) is 19.1. The van der Waals surface area contributed by atoms with Crippen molar-refractivity contribution in [2.45, 2.75) is 44.1 Å². The molecule has 0 aromatic carbocycles. The van der Waals surface area contributed by atoms with Crippen molar-refractivity contribution in [3.8, 4) is 0 Å². The minimum atomic E-state index is -0.738. The summed E-state index contributed by atoms with van der Waals surface area (Å²) in [6, 6.07) is 0. The lowest BCUT2D eigenvalue weighted by atomic mass is 9.95. The van der Waals surface area contributed by atoms with Crippen molar-refractivity contribution in [2.75, 3.05) is 12.4 Å². The molecule has 0 atom stereocenters. The Morgan fingerprint density at radius 3 is 2.65 bits per heavy atom. The zero-order valence-corrected chi connectivity index (χ0v) is 12.3. The van der Waals surface area contributed by atoms with Crippen LogP contribution in [0.2, 0.25) is 0 Å². The van der Waals surface area contributed by atoms with Gasteiger partial charge in [0.15, 0.2) is 0 Å². The van der Waals surface area contributed by atoms with Crippen molar-refractivity contribution in [1.82, 2.24) is 0 Å². The van der Waals surface area contributed by atoms with Gasteiger partial charge in [-0.3, -0.25) is 4.79 Å². The molecule has 1 amide bonds. The summed E-state index contributed by atoms with van der Waals surface area (Å²) in [6.45, 7) is 0. The number of nitrogens with two attached hydrogens (primary N) is 1. The molecule has 0 bridgehead atoms. The Balaban J connectivity index is 1.94. The Bertz CT molecular complexity index is 575. The van der Waals surface area contributed by atoms with Gasteiger partial charge in [-0.1, -0.05) is 0 Å². The third-order valence-electron chi connectivity index (χ3n) is 4.03. The number of anilines is 1. The second-order valence-electron chi connectivity index (χ2n) is 5.52. The van der Waals surface area contributed by atoms with E-state index >= 15 is 0 Å². The number of aryl methyl sites for hydroxylation is 1. The van der Waals surface area contributed by atoms with Gasteiger partial charge in [0.25, 0.3) is 0 Å². The average Bonchev–Trinajstić information content (AvgIpc) is 3.10. The van der Waals surface area contributed by atoms with Crippen molar-refractivity contribution in [1.29, 1.82) is 0 Å². The van der Waals surface area contributed by atoms with E-state index in [1.807, 2.05) is 0 Å². The molecule has 2 aliphatic carbocycles. The van der Waals surface area contributed by atoms with Crippen LogP contribution in [0.1, 0.15) is 46.5 Å². The molecule has 1 heterocycles. The van der Waals surface area contributed by atoms with Gasteiger partial charge in [-0.2, -0.15) is 0 Å². The highest BCUT2D eigenvalue weighted by atomic mass is 32.1. The molecule has 0 saturated heterocycles. The maximum Gasteiger partial charge on any atom is 0.341 e. The van der Waals surface area contributed by atoms with Crippen LogP contribution in [0.4, 0.5) is 5.00 Å². The number of rotatable bonds is 3. The fraction of sp³-hybridized carbons (Fsp3) is 0.571. The van der Waals surface area contributed by atoms with E-state index in [1.165, 1.54) is 23.3 Å². The maximum absolute atomic E-state index is 12.1. The molecule has 5 nitrogen and oxygen atoms in total. The highest BCUT2D eigenvalue weighted by Gasteiger charge is 2.46. The molecule has 1 saturated carbocycles. The third kappa shape index (κ3) is 2.23. The number of amides is 1. The molecule has 0 spiro atoms. The monoisotopic (exact) mass is 294 g/mol. The van der Waals surface area contributed by atoms with Gasteiger partial charge in [0.1, 0.15) is 5.00 Å². The third-order valence-corrected chi connectivity index (χ3v) is 5.24. The number of ether oxygens (including phenoxy) is 1. The Morgan fingerprint density at radius 2 is 2.00 bits per heavy atom. The summed E-state index contributed by atoms with van der Waals surface area (Å²) in [5.74, 6) is -0.567. The number of esters is 1. The number of hydrogen-bond acceptors (Lipinski definition) is 5. The predicted molar refractivity (Wildman–Crippen MR) is 77.1 cm³/mol. The predicted octanol–water partition coefficient (Wildman–Crippen LogP) is 1.84. The Hall–Kier alpha value is -1.40. The fourth-order valence-corrected chi connectivity index (χ4v) is 3.83. The number of thiophene rings is 1. The Labute approximate surface area is 121 Å². The molecular formula is C14H18N2O3S. The standard InChI is InChI=1S/C14H18N2O3S/c1-19-12(17)10-8-4-2-3-5-9(8)20-11(10)16-13(18)14(15)6-7-14/h2-7,15H2,1H3,(H,16,18). The Morgan fingerprint density at radius 1 is 1.30 bits per heavy atom. The van der Waals surface area contributed by atoms with Crippen molar-refractivity contribution in [3.63, 3.8) is 0 Å². The topological polar surface area (TPSA) is 81.4 Å². The number of nitrogens with one attached hydrogen (secondary N) is 1. The van der Waals surface area contributed by atoms with E-state index in [0.717, 1.165) is 31.2 Å². The smallest absolute Gasteiger partial charge is 0.341 e. The lowest BCUT2D eigenvalue weighted by Gasteiger charge is -2.12.